The van der Waals surface area contributed by atoms with Crippen LogP contribution < -0.4 is 0 Å². The topological polar surface area (TPSA) is 49.7 Å². The fraction of sp³-hybridized carbons (Fsp3) is 0.500. The molecule has 0 amide bonds. The highest BCUT2D eigenvalue weighted by atomic mass is 16.5. The van der Waals surface area contributed by atoms with E-state index in [1.165, 1.54) is 12.5 Å². The third-order valence-corrected chi connectivity index (χ3v) is 0.941. The largest absolute Gasteiger partial charge is 0.473 e. The van der Waals surface area contributed by atoms with Crippen molar-refractivity contribution in [2.45, 2.75) is 12.8 Å². The minimum Gasteiger partial charge on any atom is -0.473 e. The van der Waals surface area contributed by atoms with Gasteiger partial charge >= 0.3 is 0 Å². The lowest BCUT2D eigenvalue weighted by Gasteiger charge is -1.88. The number of aliphatic hydroxyl groups excluding tert-OH is 2. The number of aliphatic hydroxyl groups is 2. The first-order chi connectivity index (χ1) is 5.41. The van der Waals surface area contributed by atoms with Crippen molar-refractivity contribution in [2.75, 3.05) is 13.2 Å². The third-order valence-electron chi connectivity index (χ3n) is 0.941. The monoisotopic (exact) mass is 158 g/mol. The van der Waals surface area contributed by atoms with Crippen LogP contribution in [0.3, 0.4) is 0 Å². The molecule has 0 rings (SSSR count). The van der Waals surface area contributed by atoms with Gasteiger partial charge in [0.05, 0.1) is 12.5 Å². The van der Waals surface area contributed by atoms with Crippen molar-refractivity contribution < 1.29 is 14.9 Å². The Hall–Kier alpha value is -0.800. The summed E-state index contributed by atoms with van der Waals surface area (Å²) >= 11 is 0. The molecular formula is C8H14O3. The molecule has 0 unspecified atom stereocenters. The first kappa shape index (κ1) is 10.2. The maximum atomic E-state index is 8.35. The van der Waals surface area contributed by atoms with E-state index in [1.54, 1.807) is 12.2 Å². The summed E-state index contributed by atoms with van der Waals surface area (Å²) in [6.07, 6.45) is 7.67. The summed E-state index contributed by atoms with van der Waals surface area (Å²) in [4.78, 5) is 0. The lowest BCUT2D eigenvalue weighted by Crippen LogP contribution is -1.77. The van der Waals surface area contributed by atoms with Crippen LogP contribution in [0.5, 0.6) is 0 Å². The first-order valence-corrected chi connectivity index (χ1v) is 3.59. The van der Waals surface area contributed by atoms with Crippen LogP contribution in [-0.2, 0) is 4.74 Å². The zero-order chi connectivity index (χ0) is 8.36. The van der Waals surface area contributed by atoms with Gasteiger partial charge in [0.1, 0.15) is 0 Å². The minimum atomic E-state index is 0.139. The maximum Gasteiger partial charge on any atom is 0.0862 e. The molecule has 11 heavy (non-hydrogen) atoms. The molecule has 0 aromatic carbocycles. The second kappa shape index (κ2) is 9.20. The first-order valence-electron chi connectivity index (χ1n) is 3.59. The van der Waals surface area contributed by atoms with Gasteiger partial charge in [0, 0.05) is 13.2 Å². The van der Waals surface area contributed by atoms with Crippen LogP contribution in [0.4, 0.5) is 0 Å². The van der Waals surface area contributed by atoms with E-state index in [4.69, 9.17) is 14.9 Å². The SMILES string of the molecule is OCCC=COC=CCCO. The molecule has 0 aliphatic rings. The summed E-state index contributed by atoms with van der Waals surface area (Å²) < 4.78 is 4.85. The Morgan fingerprint density at radius 1 is 0.909 bits per heavy atom. The molecule has 3 nitrogen and oxygen atoms in total. The average Bonchev–Trinajstić information content (AvgIpc) is 2.03. The minimum absolute atomic E-state index is 0.139. The van der Waals surface area contributed by atoms with Crippen LogP contribution in [0.1, 0.15) is 12.8 Å². The van der Waals surface area contributed by atoms with E-state index in [0.29, 0.717) is 12.8 Å². The van der Waals surface area contributed by atoms with E-state index in [0.717, 1.165) is 0 Å². The Morgan fingerprint density at radius 2 is 1.36 bits per heavy atom. The van der Waals surface area contributed by atoms with Crippen LogP contribution in [0.15, 0.2) is 24.7 Å². The fourth-order valence-electron chi connectivity index (χ4n) is 0.442. The molecule has 0 saturated carbocycles. The van der Waals surface area contributed by atoms with E-state index < -0.39 is 0 Å². The lowest BCUT2D eigenvalue weighted by atomic mass is 10.4. The lowest BCUT2D eigenvalue weighted by molar-refractivity contribution is 0.298. The van der Waals surface area contributed by atoms with Gasteiger partial charge in [-0.25, -0.2) is 0 Å². The van der Waals surface area contributed by atoms with Crippen LogP contribution in [-0.4, -0.2) is 23.4 Å². The molecule has 0 saturated heterocycles. The second-order valence-corrected chi connectivity index (χ2v) is 1.90. The van der Waals surface area contributed by atoms with Gasteiger partial charge in [0.2, 0.25) is 0 Å². The Bertz CT molecular complexity index is 105. The van der Waals surface area contributed by atoms with Gasteiger partial charge in [-0.1, -0.05) is 0 Å². The van der Waals surface area contributed by atoms with Crippen molar-refractivity contribution in [1.29, 1.82) is 0 Å². The van der Waals surface area contributed by atoms with Crippen molar-refractivity contribution in [3.8, 4) is 0 Å². The van der Waals surface area contributed by atoms with Gasteiger partial charge in [-0.15, -0.1) is 0 Å². The number of rotatable bonds is 6. The van der Waals surface area contributed by atoms with Crippen LogP contribution in [0.25, 0.3) is 0 Å². The average molecular weight is 158 g/mol. The van der Waals surface area contributed by atoms with Gasteiger partial charge in [0.25, 0.3) is 0 Å². The molecule has 0 radical (unpaired) electrons. The summed E-state index contributed by atoms with van der Waals surface area (Å²) in [7, 11) is 0. The molecule has 0 aliphatic carbocycles. The van der Waals surface area contributed by atoms with Gasteiger partial charge in [-0.2, -0.15) is 0 Å². The predicted molar refractivity (Wildman–Crippen MR) is 42.8 cm³/mol. The van der Waals surface area contributed by atoms with Gasteiger partial charge in [-0.3, -0.25) is 0 Å². The van der Waals surface area contributed by atoms with Crippen LogP contribution >= 0.6 is 0 Å². The van der Waals surface area contributed by atoms with Crippen molar-refractivity contribution in [3.05, 3.63) is 24.7 Å². The molecule has 0 aromatic rings. The Balaban J connectivity index is 3.11. The highest BCUT2D eigenvalue weighted by Crippen LogP contribution is 1.86. The quantitative estimate of drug-likeness (QED) is 0.562. The van der Waals surface area contributed by atoms with Crippen molar-refractivity contribution in [1.82, 2.24) is 0 Å². The van der Waals surface area contributed by atoms with Crippen molar-refractivity contribution >= 4 is 0 Å². The molecule has 0 aromatic heterocycles. The molecule has 0 bridgehead atoms. The zero-order valence-corrected chi connectivity index (χ0v) is 6.44. The summed E-state index contributed by atoms with van der Waals surface area (Å²) in [6.45, 7) is 0.278. The fourth-order valence-corrected chi connectivity index (χ4v) is 0.442. The Kier molecular flexibility index (Phi) is 8.53. The van der Waals surface area contributed by atoms with E-state index in [-0.39, 0.29) is 13.2 Å². The molecule has 0 fully saturated rings. The molecule has 0 spiro atoms. The standard InChI is InChI=1S/C8H14O3/c9-5-1-3-7-11-8-4-2-6-10/h3-4,7-10H,1-2,5-6H2. The normalized spacial score (nSPS) is 11.5. The molecule has 0 aliphatic heterocycles. The highest BCUT2D eigenvalue weighted by molar-refractivity contribution is 4.79. The Labute approximate surface area is 66.6 Å². The third kappa shape index (κ3) is 9.20. The summed E-state index contributed by atoms with van der Waals surface area (Å²) in [6, 6.07) is 0. The van der Waals surface area contributed by atoms with Crippen LogP contribution in [0, 0.1) is 0 Å². The summed E-state index contributed by atoms with van der Waals surface area (Å²) in [5, 5.41) is 16.7. The van der Waals surface area contributed by atoms with Gasteiger partial charge < -0.3 is 14.9 Å². The van der Waals surface area contributed by atoms with E-state index in [2.05, 4.69) is 0 Å². The number of hydrogen-bond donors (Lipinski definition) is 2. The van der Waals surface area contributed by atoms with Gasteiger partial charge in [0.15, 0.2) is 0 Å². The van der Waals surface area contributed by atoms with Crippen molar-refractivity contribution in [2.24, 2.45) is 0 Å². The van der Waals surface area contributed by atoms with E-state index >= 15 is 0 Å². The summed E-state index contributed by atoms with van der Waals surface area (Å²) in [5.74, 6) is 0. The Morgan fingerprint density at radius 3 is 1.73 bits per heavy atom. The van der Waals surface area contributed by atoms with E-state index in [9.17, 15) is 0 Å². The van der Waals surface area contributed by atoms with Gasteiger partial charge in [-0.05, 0) is 25.0 Å². The molecule has 0 atom stereocenters. The predicted octanol–water partition coefficient (Wildman–Crippen LogP) is 0.795. The zero-order valence-electron chi connectivity index (χ0n) is 6.44. The molecular weight excluding hydrogens is 144 g/mol. The van der Waals surface area contributed by atoms with Crippen molar-refractivity contribution in [3.63, 3.8) is 0 Å². The number of ether oxygens (including phenoxy) is 1. The van der Waals surface area contributed by atoms with Crippen LogP contribution in [0.2, 0.25) is 0 Å². The smallest absolute Gasteiger partial charge is 0.0862 e. The second-order valence-electron chi connectivity index (χ2n) is 1.90. The molecule has 64 valence electrons. The molecule has 0 heterocycles. The molecule has 3 heteroatoms. The maximum absolute atomic E-state index is 8.35. The summed E-state index contributed by atoms with van der Waals surface area (Å²) in [5.41, 5.74) is 0. The molecule has 2 N–H and O–H groups in total. The van der Waals surface area contributed by atoms with E-state index in [1.807, 2.05) is 0 Å². The number of hydrogen-bond acceptors (Lipinski definition) is 3. The highest BCUT2D eigenvalue weighted by Gasteiger charge is 1.74.